The molecule has 5 rings (SSSR count). The summed E-state index contributed by atoms with van der Waals surface area (Å²) in [5.74, 6) is 3.46. The molecule has 3 fully saturated rings. The van der Waals surface area contributed by atoms with Crippen LogP contribution < -0.4 is 0 Å². The van der Waals surface area contributed by atoms with Gasteiger partial charge in [-0.2, -0.15) is 0 Å². The molecule has 0 radical (unpaired) electrons. The third-order valence-corrected chi connectivity index (χ3v) is 6.52. The predicted octanol–water partition coefficient (Wildman–Crippen LogP) is 3.97. The van der Waals surface area contributed by atoms with Crippen molar-refractivity contribution in [2.45, 2.75) is 44.4 Å². The zero-order valence-electron chi connectivity index (χ0n) is 14.0. The van der Waals surface area contributed by atoms with Gasteiger partial charge in [-0.05, 0) is 56.1 Å². The van der Waals surface area contributed by atoms with Gasteiger partial charge < -0.3 is 9.32 Å². The monoisotopic (exact) mass is 324 g/mol. The fourth-order valence-electron chi connectivity index (χ4n) is 5.19. The first kappa shape index (κ1) is 14.5. The number of hydrogen-bond donors (Lipinski definition) is 0. The minimum atomic E-state index is 0.324. The van der Waals surface area contributed by atoms with Crippen LogP contribution >= 0.6 is 0 Å². The van der Waals surface area contributed by atoms with Gasteiger partial charge in [-0.15, -0.1) is 0 Å². The zero-order chi connectivity index (χ0) is 16.1. The van der Waals surface area contributed by atoms with E-state index in [2.05, 4.69) is 9.88 Å². The van der Waals surface area contributed by atoms with Gasteiger partial charge in [0.2, 0.25) is 5.91 Å². The van der Waals surface area contributed by atoms with Gasteiger partial charge in [-0.3, -0.25) is 4.79 Å². The van der Waals surface area contributed by atoms with E-state index in [4.69, 9.17) is 4.42 Å². The number of hydrogen-bond acceptors (Lipinski definition) is 3. The van der Waals surface area contributed by atoms with E-state index in [1.54, 1.807) is 0 Å². The number of carbonyl (C=O) groups is 1. The van der Waals surface area contributed by atoms with Gasteiger partial charge in [-0.25, -0.2) is 4.98 Å². The number of para-hydroxylation sites is 2. The standard InChI is InChI=1S/C20H24N2O2/c23-20(16-12-13-5-6-15(16)11-13)22-9-7-14(8-10-22)19-21-17-3-1-2-4-18(17)24-19/h1-4,13-16H,5-12H2. The Morgan fingerprint density at radius 1 is 1.08 bits per heavy atom. The molecule has 1 saturated heterocycles. The quantitative estimate of drug-likeness (QED) is 0.839. The molecule has 0 N–H and O–H groups in total. The maximum Gasteiger partial charge on any atom is 0.225 e. The van der Waals surface area contributed by atoms with Crippen molar-refractivity contribution in [3.05, 3.63) is 30.2 Å². The second-order valence-corrected chi connectivity index (χ2v) is 7.90. The third-order valence-electron chi connectivity index (χ3n) is 6.52. The van der Waals surface area contributed by atoms with Crippen molar-refractivity contribution >= 4 is 17.0 Å². The van der Waals surface area contributed by atoms with E-state index in [1.165, 1.54) is 19.3 Å². The number of oxazole rings is 1. The molecule has 2 aliphatic carbocycles. The average Bonchev–Trinajstić information content (AvgIpc) is 3.35. The molecule has 126 valence electrons. The van der Waals surface area contributed by atoms with Crippen LogP contribution in [0.4, 0.5) is 0 Å². The number of fused-ring (bicyclic) bond motifs is 3. The number of nitrogens with zero attached hydrogens (tertiary/aromatic N) is 2. The van der Waals surface area contributed by atoms with Crippen molar-refractivity contribution in [3.63, 3.8) is 0 Å². The Labute approximate surface area is 142 Å². The highest BCUT2D eigenvalue weighted by Crippen LogP contribution is 2.49. The topological polar surface area (TPSA) is 46.3 Å². The average molecular weight is 324 g/mol. The number of benzene rings is 1. The molecule has 2 aromatic rings. The summed E-state index contributed by atoms with van der Waals surface area (Å²) in [6, 6.07) is 7.94. The summed E-state index contributed by atoms with van der Waals surface area (Å²) >= 11 is 0. The van der Waals surface area contributed by atoms with Crippen molar-refractivity contribution in [3.8, 4) is 0 Å². The smallest absolute Gasteiger partial charge is 0.225 e. The van der Waals surface area contributed by atoms with Crippen LogP contribution in [-0.4, -0.2) is 28.9 Å². The molecular weight excluding hydrogens is 300 g/mol. The van der Waals surface area contributed by atoms with Crippen molar-refractivity contribution in [2.24, 2.45) is 17.8 Å². The lowest BCUT2D eigenvalue weighted by Gasteiger charge is -2.34. The molecule has 4 nitrogen and oxygen atoms in total. The van der Waals surface area contributed by atoms with Crippen LogP contribution in [-0.2, 0) is 4.79 Å². The Morgan fingerprint density at radius 3 is 2.62 bits per heavy atom. The van der Waals surface area contributed by atoms with Gasteiger partial charge in [0.05, 0.1) is 0 Å². The Morgan fingerprint density at radius 2 is 1.92 bits per heavy atom. The molecule has 4 heteroatoms. The maximum absolute atomic E-state index is 12.9. The Bertz CT molecular complexity index is 727. The molecular formula is C20H24N2O2. The SMILES string of the molecule is O=C(C1CC2CCC1C2)N1CCC(c2nc3ccccc3o2)CC1. The van der Waals surface area contributed by atoms with E-state index in [-0.39, 0.29) is 0 Å². The minimum Gasteiger partial charge on any atom is -0.440 e. The predicted molar refractivity (Wildman–Crippen MR) is 91.5 cm³/mol. The molecule has 0 spiro atoms. The molecule has 1 aliphatic heterocycles. The number of amides is 1. The van der Waals surface area contributed by atoms with Crippen LogP contribution in [0.25, 0.3) is 11.1 Å². The van der Waals surface area contributed by atoms with Crippen LogP contribution in [0.1, 0.15) is 50.3 Å². The van der Waals surface area contributed by atoms with Crippen molar-refractivity contribution in [1.29, 1.82) is 0 Å². The van der Waals surface area contributed by atoms with E-state index >= 15 is 0 Å². The van der Waals surface area contributed by atoms with Crippen LogP contribution in [0.5, 0.6) is 0 Å². The highest BCUT2D eigenvalue weighted by Gasteiger charge is 2.44. The van der Waals surface area contributed by atoms with Crippen LogP contribution in [0, 0.1) is 17.8 Å². The highest BCUT2D eigenvalue weighted by molar-refractivity contribution is 5.80. The van der Waals surface area contributed by atoms with Gasteiger partial charge in [0.25, 0.3) is 0 Å². The van der Waals surface area contributed by atoms with Gasteiger partial charge in [0.1, 0.15) is 5.52 Å². The molecule has 24 heavy (non-hydrogen) atoms. The summed E-state index contributed by atoms with van der Waals surface area (Å²) in [5, 5.41) is 0. The summed E-state index contributed by atoms with van der Waals surface area (Å²) < 4.78 is 5.93. The fourth-order valence-corrected chi connectivity index (χ4v) is 5.19. The molecule has 1 aromatic heterocycles. The molecule has 3 unspecified atom stereocenters. The van der Waals surface area contributed by atoms with Crippen LogP contribution in [0.15, 0.2) is 28.7 Å². The number of carbonyl (C=O) groups excluding carboxylic acids is 1. The second-order valence-electron chi connectivity index (χ2n) is 7.90. The van der Waals surface area contributed by atoms with Crippen LogP contribution in [0.2, 0.25) is 0 Å². The first-order valence-corrected chi connectivity index (χ1v) is 9.42. The lowest BCUT2D eigenvalue weighted by Crippen LogP contribution is -2.42. The zero-order valence-corrected chi connectivity index (χ0v) is 14.0. The molecule has 3 aliphatic rings. The summed E-state index contributed by atoms with van der Waals surface area (Å²) in [4.78, 5) is 19.6. The third kappa shape index (κ3) is 2.35. The van der Waals surface area contributed by atoms with Gasteiger partial charge in [0.15, 0.2) is 11.5 Å². The van der Waals surface area contributed by atoms with Crippen LogP contribution in [0.3, 0.4) is 0 Å². The van der Waals surface area contributed by atoms with E-state index < -0.39 is 0 Å². The Kier molecular flexibility index (Phi) is 3.39. The molecule has 1 amide bonds. The normalized spacial score (nSPS) is 30.3. The largest absolute Gasteiger partial charge is 0.440 e. The maximum atomic E-state index is 12.9. The van der Waals surface area contributed by atoms with Gasteiger partial charge in [0, 0.05) is 24.9 Å². The van der Waals surface area contributed by atoms with Crippen molar-refractivity contribution in [1.82, 2.24) is 9.88 Å². The molecule has 2 saturated carbocycles. The number of aromatic nitrogens is 1. The van der Waals surface area contributed by atoms with E-state index in [0.29, 0.717) is 23.7 Å². The number of rotatable bonds is 2. The summed E-state index contributed by atoms with van der Waals surface area (Å²) in [7, 11) is 0. The number of piperidine rings is 1. The van der Waals surface area contributed by atoms with E-state index in [1.807, 2.05) is 24.3 Å². The lowest BCUT2D eigenvalue weighted by molar-refractivity contribution is -0.138. The van der Waals surface area contributed by atoms with Gasteiger partial charge in [-0.1, -0.05) is 18.6 Å². The Balaban J connectivity index is 1.25. The fraction of sp³-hybridized carbons (Fsp3) is 0.600. The van der Waals surface area contributed by atoms with Gasteiger partial charge >= 0.3 is 0 Å². The number of likely N-dealkylation sites (tertiary alicyclic amines) is 1. The minimum absolute atomic E-state index is 0.324. The second kappa shape index (κ2) is 5.61. The highest BCUT2D eigenvalue weighted by atomic mass is 16.3. The van der Waals surface area contributed by atoms with E-state index in [0.717, 1.165) is 55.3 Å². The molecule has 2 bridgehead atoms. The molecule has 2 heterocycles. The first-order valence-electron chi connectivity index (χ1n) is 9.42. The summed E-state index contributed by atoms with van der Waals surface area (Å²) in [6.07, 6.45) is 7.03. The first-order chi connectivity index (χ1) is 11.8. The summed E-state index contributed by atoms with van der Waals surface area (Å²) in [6.45, 7) is 1.71. The lowest BCUT2D eigenvalue weighted by atomic mass is 9.86. The molecule has 3 atom stereocenters. The summed E-state index contributed by atoms with van der Waals surface area (Å²) in [5.41, 5.74) is 1.81. The molecule has 1 aromatic carbocycles. The van der Waals surface area contributed by atoms with Crippen molar-refractivity contribution < 1.29 is 9.21 Å². The Hall–Kier alpha value is -1.84. The van der Waals surface area contributed by atoms with Crippen molar-refractivity contribution in [2.75, 3.05) is 13.1 Å². The van der Waals surface area contributed by atoms with E-state index in [9.17, 15) is 4.79 Å².